The van der Waals surface area contributed by atoms with Gasteiger partial charge in [0, 0.05) is 31.1 Å². The van der Waals surface area contributed by atoms with Crippen LogP contribution in [0.2, 0.25) is 0 Å². The summed E-state index contributed by atoms with van der Waals surface area (Å²) in [5.74, 6) is -0.605. The van der Waals surface area contributed by atoms with Crippen LogP contribution in [0.5, 0.6) is 5.88 Å². The summed E-state index contributed by atoms with van der Waals surface area (Å²) in [6, 6.07) is -0.208. The Morgan fingerprint density at radius 1 is 1.30 bits per heavy atom. The summed E-state index contributed by atoms with van der Waals surface area (Å²) in [5.41, 5.74) is -4.88. The van der Waals surface area contributed by atoms with Crippen molar-refractivity contribution in [3.63, 3.8) is 0 Å². The third kappa shape index (κ3) is 3.18. The van der Waals surface area contributed by atoms with Gasteiger partial charge in [0.2, 0.25) is 5.88 Å². The van der Waals surface area contributed by atoms with Crippen molar-refractivity contribution in [2.75, 3.05) is 6.54 Å². The normalized spacial score (nSPS) is 22.8. The lowest BCUT2D eigenvalue weighted by molar-refractivity contribution is -0.0502. The minimum atomic E-state index is -5.74. The minimum Gasteiger partial charge on any atom is -0.355 e. The number of nitrogens with zero attached hydrogens (tertiary/aromatic N) is 2. The summed E-state index contributed by atoms with van der Waals surface area (Å²) in [5, 5.41) is 7.38. The third-order valence-corrected chi connectivity index (χ3v) is 4.91. The molecule has 6 nitrogen and oxygen atoms in total. The average Bonchev–Trinajstić information content (AvgIpc) is 2.65. The molecule has 0 radical (unpaired) electrons. The summed E-state index contributed by atoms with van der Waals surface area (Å²) in [6.45, 7) is 8.08. The molecule has 2 heterocycles. The molecule has 10 heteroatoms. The highest BCUT2D eigenvalue weighted by Gasteiger charge is 2.50. The number of nitrogens with one attached hydrogen (secondary N) is 1. The molecule has 0 spiro atoms. The van der Waals surface area contributed by atoms with Crippen molar-refractivity contribution in [1.29, 1.82) is 0 Å². The van der Waals surface area contributed by atoms with Crippen LogP contribution >= 0.6 is 0 Å². The molecule has 1 unspecified atom stereocenters. The Bertz CT molecular complexity index is 705. The van der Waals surface area contributed by atoms with Gasteiger partial charge in [-0.15, -0.1) is 0 Å². The summed E-state index contributed by atoms with van der Waals surface area (Å²) >= 11 is 0. The molecule has 2 rings (SSSR count). The van der Waals surface area contributed by atoms with Crippen molar-refractivity contribution >= 4 is 10.1 Å². The third-order valence-electron chi connectivity index (χ3n) is 3.96. The Morgan fingerprint density at radius 2 is 1.87 bits per heavy atom. The van der Waals surface area contributed by atoms with E-state index in [0.29, 0.717) is 17.8 Å². The summed E-state index contributed by atoms with van der Waals surface area (Å²) < 4.78 is 66.2. The molecule has 0 bridgehead atoms. The molecule has 1 N–H and O–H groups in total. The van der Waals surface area contributed by atoms with Gasteiger partial charge in [0.1, 0.15) is 0 Å². The number of alkyl halides is 3. The van der Waals surface area contributed by atoms with E-state index in [1.54, 1.807) is 0 Å². The smallest absolute Gasteiger partial charge is 0.355 e. The zero-order valence-corrected chi connectivity index (χ0v) is 14.3. The second-order valence-corrected chi connectivity index (χ2v) is 8.30. The van der Waals surface area contributed by atoms with Crippen LogP contribution in [-0.2, 0) is 17.2 Å². The predicted molar refractivity (Wildman–Crippen MR) is 77.4 cm³/mol. The topological polar surface area (TPSA) is 73.2 Å². The van der Waals surface area contributed by atoms with Crippen molar-refractivity contribution in [1.82, 2.24) is 15.1 Å². The van der Waals surface area contributed by atoms with Gasteiger partial charge in [-0.2, -0.15) is 26.7 Å². The standard InChI is InChI=1S/C13H20F3N3O3S/c1-7-10-9(8(6-17-7)12(2,3)4)11(19(5)18-10)22-23(20,21)13(14,15)16/h7-8,17H,6H2,1-5H3/t7?,8-/m1/s1. The highest BCUT2D eigenvalue weighted by atomic mass is 32.2. The van der Waals surface area contributed by atoms with Gasteiger partial charge in [-0.1, -0.05) is 20.8 Å². The molecule has 2 atom stereocenters. The number of halogens is 3. The second-order valence-electron chi connectivity index (χ2n) is 6.76. The maximum absolute atomic E-state index is 12.6. The number of hydrogen-bond donors (Lipinski definition) is 1. The Kier molecular flexibility index (Phi) is 4.21. The Hall–Kier alpha value is -1.29. The fraction of sp³-hybridized carbons (Fsp3) is 0.769. The molecule has 1 aromatic rings. The molecular weight excluding hydrogens is 335 g/mol. The van der Waals surface area contributed by atoms with Crippen LogP contribution in [-0.4, -0.2) is 30.3 Å². The SMILES string of the molecule is CC1NC[C@@H](C(C)(C)C)c2c1nn(C)c2OS(=O)(=O)C(F)(F)F. The molecule has 1 aliphatic heterocycles. The largest absolute Gasteiger partial charge is 0.534 e. The van der Waals surface area contributed by atoms with Crippen LogP contribution < -0.4 is 9.50 Å². The fourth-order valence-corrected chi connectivity index (χ4v) is 3.17. The molecule has 0 fully saturated rings. The number of rotatable bonds is 2. The molecule has 0 saturated heterocycles. The van der Waals surface area contributed by atoms with E-state index in [1.807, 2.05) is 27.7 Å². The van der Waals surface area contributed by atoms with Crippen molar-refractivity contribution in [2.24, 2.45) is 12.5 Å². The van der Waals surface area contributed by atoms with Gasteiger partial charge in [0.05, 0.1) is 5.69 Å². The molecule has 0 saturated carbocycles. The first-order chi connectivity index (χ1) is 10.3. The van der Waals surface area contributed by atoms with E-state index in [0.717, 1.165) is 4.68 Å². The Balaban J connectivity index is 2.59. The summed E-state index contributed by atoms with van der Waals surface area (Å²) in [4.78, 5) is 0. The highest BCUT2D eigenvalue weighted by molar-refractivity contribution is 7.87. The quantitative estimate of drug-likeness (QED) is 0.652. The lowest BCUT2D eigenvalue weighted by Crippen LogP contribution is -2.37. The average molecular weight is 355 g/mol. The first kappa shape index (κ1) is 18.1. The molecule has 1 aromatic heterocycles. The van der Waals surface area contributed by atoms with E-state index in [1.165, 1.54) is 7.05 Å². The molecular formula is C13H20F3N3O3S. The van der Waals surface area contributed by atoms with E-state index in [2.05, 4.69) is 14.6 Å². The molecule has 23 heavy (non-hydrogen) atoms. The predicted octanol–water partition coefficient (Wildman–Crippen LogP) is 2.44. The summed E-state index contributed by atoms with van der Waals surface area (Å²) in [7, 11) is -4.38. The van der Waals surface area contributed by atoms with Crippen LogP contribution in [0.15, 0.2) is 0 Å². The monoisotopic (exact) mass is 355 g/mol. The van der Waals surface area contributed by atoms with Crippen LogP contribution in [0.25, 0.3) is 0 Å². The molecule has 132 valence electrons. The van der Waals surface area contributed by atoms with Crippen molar-refractivity contribution in [3.8, 4) is 5.88 Å². The van der Waals surface area contributed by atoms with Crippen molar-refractivity contribution < 1.29 is 25.8 Å². The first-order valence-electron chi connectivity index (χ1n) is 7.06. The number of aromatic nitrogens is 2. The zero-order valence-electron chi connectivity index (χ0n) is 13.5. The molecule has 1 aliphatic rings. The van der Waals surface area contributed by atoms with Gasteiger partial charge < -0.3 is 9.50 Å². The van der Waals surface area contributed by atoms with Crippen LogP contribution in [0, 0.1) is 5.41 Å². The minimum absolute atomic E-state index is 0.208. The van der Waals surface area contributed by atoms with Gasteiger partial charge in [0.15, 0.2) is 0 Å². The van der Waals surface area contributed by atoms with Crippen LogP contribution in [0.3, 0.4) is 0 Å². The lowest BCUT2D eigenvalue weighted by Gasteiger charge is -2.36. The van der Waals surface area contributed by atoms with Gasteiger partial charge in [-0.25, -0.2) is 4.68 Å². The fourth-order valence-electron chi connectivity index (χ4n) is 2.67. The number of aryl methyl sites for hydroxylation is 1. The summed E-state index contributed by atoms with van der Waals surface area (Å²) in [6.07, 6.45) is 0. The van der Waals surface area contributed by atoms with Gasteiger partial charge in [0.25, 0.3) is 0 Å². The Morgan fingerprint density at radius 3 is 2.35 bits per heavy atom. The van der Waals surface area contributed by atoms with Crippen molar-refractivity contribution in [2.45, 2.75) is 45.2 Å². The Labute approximate surface area is 133 Å². The van der Waals surface area contributed by atoms with Gasteiger partial charge in [-0.3, -0.25) is 0 Å². The second kappa shape index (κ2) is 5.37. The lowest BCUT2D eigenvalue weighted by atomic mass is 9.74. The molecule has 0 aromatic carbocycles. The highest BCUT2D eigenvalue weighted by Crippen LogP contribution is 2.45. The van der Waals surface area contributed by atoms with E-state index in [-0.39, 0.29) is 23.3 Å². The van der Waals surface area contributed by atoms with Gasteiger partial charge >= 0.3 is 15.6 Å². The molecule has 0 amide bonds. The van der Waals surface area contributed by atoms with E-state index in [9.17, 15) is 21.6 Å². The number of fused-ring (bicyclic) bond motifs is 1. The van der Waals surface area contributed by atoms with Gasteiger partial charge in [-0.05, 0) is 12.3 Å². The maximum Gasteiger partial charge on any atom is 0.534 e. The van der Waals surface area contributed by atoms with Crippen molar-refractivity contribution in [3.05, 3.63) is 11.3 Å². The van der Waals surface area contributed by atoms with E-state index in [4.69, 9.17) is 0 Å². The van der Waals surface area contributed by atoms with E-state index >= 15 is 0 Å². The maximum atomic E-state index is 12.6. The van der Waals surface area contributed by atoms with E-state index < -0.39 is 15.6 Å². The number of hydrogen-bond acceptors (Lipinski definition) is 5. The first-order valence-corrected chi connectivity index (χ1v) is 8.47. The molecule has 0 aliphatic carbocycles. The zero-order chi connectivity index (χ0) is 17.8. The van der Waals surface area contributed by atoms with Crippen LogP contribution in [0.4, 0.5) is 13.2 Å². The van der Waals surface area contributed by atoms with Crippen LogP contribution in [0.1, 0.15) is 50.9 Å².